The number of benzene rings is 2. The van der Waals surface area contributed by atoms with Crippen LogP contribution < -0.4 is 20.6 Å². The molecule has 2 aromatic carbocycles. The Morgan fingerprint density at radius 3 is 1.85 bits per heavy atom. The van der Waals surface area contributed by atoms with Crippen LogP contribution in [0.4, 0.5) is 0 Å². The maximum Gasteiger partial charge on any atom is 0.234 e. The molecule has 0 unspecified atom stereocenters. The Balaban J connectivity index is 0.00000364. The highest BCUT2D eigenvalue weighted by Gasteiger charge is 1.93. The first-order valence-electron chi connectivity index (χ1n) is 8.32. The van der Waals surface area contributed by atoms with Crippen LogP contribution in [0.5, 0.6) is 11.5 Å². The number of ether oxygens (including phenoxy) is 2. The Hall–Kier alpha value is -3.06. The maximum absolute atomic E-state index is 5.70. The minimum atomic E-state index is 0. The second-order valence-corrected chi connectivity index (χ2v) is 5.10. The van der Waals surface area contributed by atoms with Crippen LogP contribution in [-0.4, -0.2) is 31.6 Å². The van der Waals surface area contributed by atoms with Crippen molar-refractivity contribution in [2.24, 2.45) is 21.0 Å². The summed E-state index contributed by atoms with van der Waals surface area (Å²) in [6, 6.07) is 15.1. The fraction of sp³-hybridized carbons (Fsp3) is 0.211. The van der Waals surface area contributed by atoms with Crippen LogP contribution >= 0.6 is 12.4 Å². The molecule has 3 N–H and O–H groups in total. The topological polar surface area (TPSA) is 93.6 Å². The number of nitrogens with two attached hydrogens (primary N) is 1. The van der Waals surface area contributed by atoms with Crippen molar-refractivity contribution in [2.75, 3.05) is 13.2 Å². The van der Waals surface area contributed by atoms with Crippen molar-refractivity contribution < 1.29 is 9.47 Å². The van der Waals surface area contributed by atoms with Gasteiger partial charge in [0.15, 0.2) is 0 Å². The fourth-order valence-electron chi connectivity index (χ4n) is 1.99. The van der Waals surface area contributed by atoms with E-state index in [2.05, 4.69) is 20.7 Å². The number of guanidine groups is 1. The average Bonchev–Trinajstić information content (AvgIpc) is 2.65. The molecule has 8 heteroatoms. The van der Waals surface area contributed by atoms with Crippen molar-refractivity contribution in [2.45, 2.75) is 13.8 Å². The van der Waals surface area contributed by atoms with Crippen LogP contribution in [0.1, 0.15) is 25.0 Å². The van der Waals surface area contributed by atoms with Gasteiger partial charge in [0, 0.05) is 0 Å². The van der Waals surface area contributed by atoms with Crippen LogP contribution in [-0.2, 0) is 0 Å². The van der Waals surface area contributed by atoms with Crippen molar-refractivity contribution >= 4 is 30.8 Å². The van der Waals surface area contributed by atoms with E-state index in [1.54, 1.807) is 12.4 Å². The van der Waals surface area contributed by atoms with Gasteiger partial charge < -0.3 is 15.2 Å². The molecule has 0 spiro atoms. The highest BCUT2D eigenvalue weighted by molar-refractivity contribution is 5.85. The molecule has 0 amide bonds. The molecule has 0 saturated carbocycles. The second-order valence-electron chi connectivity index (χ2n) is 5.10. The quantitative estimate of drug-likeness (QED) is 0.412. The molecular weight excluding hydrogens is 366 g/mol. The third kappa shape index (κ3) is 8.24. The Kier molecular flexibility index (Phi) is 10.0. The predicted molar refractivity (Wildman–Crippen MR) is 112 cm³/mol. The molecule has 0 heterocycles. The number of nitrogens with zero attached hydrogens (tertiary/aromatic N) is 3. The van der Waals surface area contributed by atoms with Gasteiger partial charge in [-0.2, -0.15) is 10.2 Å². The maximum atomic E-state index is 5.70. The molecular formula is C19H24ClN5O2. The highest BCUT2D eigenvalue weighted by atomic mass is 35.5. The van der Waals surface area contributed by atoms with Crippen molar-refractivity contribution in [3.8, 4) is 11.5 Å². The smallest absolute Gasteiger partial charge is 0.234 e. The van der Waals surface area contributed by atoms with Gasteiger partial charge in [-0.1, -0.05) is 0 Å². The summed E-state index contributed by atoms with van der Waals surface area (Å²) in [4.78, 5) is 0. The van der Waals surface area contributed by atoms with Gasteiger partial charge in [0.05, 0.1) is 25.6 Å². The zero-order valence-electron chi connectivity index (χ0n) is 15.3. The molecule has 0 aliphatic carbocycles. The van der Waals surface area contributed by atoms with Gasteiger partial charge in [-0.25, -0.2) is 5.43 Å². The van der Waals surface area contributed by atoms with Crippen LogP contribution in [0.3, 0.4) is 0 Å². The SMILES string of the molecule is CCOc1ccc(C=NN=C(N)NN=Cc2ccc(OCC)cc2)cc1.Cl. The molecule has 0 radical (unpaired) electrons. The second kappa shape index (κ2) is 12.3. The minimum absolute atomic E-state index is 0. The van der Waals surface area contributed by atoms with E-state index in [1.165, 1.54) is 0 Å². The lowest BCUT2D eigenvalue weighted by molar-refractivity contribution is 0.340. The molecule has 0 bridgehead atoms. The van der Waals surface area contributed by atoms with E-state index in [0.717, 1.165) is 22.6 Å². The van der Waals surface area contributed by atoms with Crippen LogP contribution in [0.2, 0.25) is 0 Å². The first kappa shape index (κ1) is 22.0. The number of nitrogens with one attached hydrogen (secondary N) is 1. The van der Waals surface area contributed by atoms with Crippen LogP contribution in [0.15, 0.2) is 63.8 Å². The van der Waals surface area contributed by atoms with Gasteiger partial charge >= 0.3 is 0 Å². The lowest BCUT2D eigenvalue weighted by atomic mass is 10.2. The summed E-state index contributed by atoms with van der Waals surface area (Å²) in [6.45, 7) is 5.16. The largest absolute Gasteiger partial charge is 0.494 e. The van der Waals surface area contributed by atoms with E-state index in [1.807, 2.05) is 62.4 Å². The summed E-state index contributed by atoms with van der Waals surface area (Å²) < 4.78 is 10.8. The fourth-order valence-corrected chi connectivity index (χ4v) is 1.99. The normalized spacial score (nSPS) is 11.4. The van der Waals surface area contributed by atoms with E-state index in [4.69, 9.17) is 15.2 Å². The number of hydrazone groups is 1. The Bertz CT molecular complexity index is 759. The van der Waals surface area contributed by atoms with E-state index < -0.39 is 0 Å². The Labute approximate surface area is 165 Å². The van der Waals surface area contributed by atoms with Gasteiger partial charge in [0.2, 0.25) is 5.96 Å². The standard InChI is InChI=1S/C19H23N5O2.ClH/c1-3-25-17-9-5-15(6-10-17)13-21-23-19(20)24-22-14-16-7-11-18(12-8-16)26-4-2;/h5-14H,3-4H2,1-2H3,(H3,20,23,24);1H. The molecule has 0 fully saturated rings. The lowest BCUT2D eigenvalue weighted by Gasteiger charge is -2.02. The monoisotopic (exact) mass is 389 g/mol. The number of hydrogen-bond donors (Lipinski definition) is 2. The molecule has 0 aromatic heterocycles. The molecule has 0 saturated heterocycles. The molecule has 0 atom stereocenters. The molecule has 0 aliphatic heterocycles. The predicted octanol–water partition coefficient (Wildman–Crippen LogP) is 3.18. The summed E-state index contributed by atoms with van der Waals surface area (Å²) in [5, 5.41) is 11.8. The molecule has 144 valence electrons. The highest BCUT2D eigenvalue weighted by Crippen LogP contribution is 2.11. The van der Waals surface area contributed by atoms with Crippen molar-refractivity contribution in [3.05, 3.63) is 59.7 Å². The molecule has 2 rings (SSSR count). The molecule has 27 heavy (non-hydrogen) atoms. The zero-order valence-corrected chi connectivity index (χ0v) is 16.1. The third-order valence-electron chi connectivity index (χ3n) is 3.15. The van der Waals surface area contributed by atoms with Crippen molar-refractivity contribution in [3.63, 3.8) is 0 Å². The lowest BCUT2D eigenvalue weighted by Crippen LogP contribution is -2.26. The molecule has 0 aliphatic rings. The van der Waals surface area contributed by atoms with Gasteiger partial charge in [0.25, 0.3) is 0 Å². The number of hydrogen-bond acceptors (Lipinski definition) is 5. The summed E-state index contributed by atoms with van der Waals surface area (Å²) in [5.41, 5.74) is 10.1. The van der Waals surface area contributed by atoms with E-state index in [-0.39, 0.29) is 18.4 Å². The van der Waals surface area contributed by atoms with Gasteiger partial charge in [0.1, 0.15) is 11.5 Å². The van der Waals surface area contributed by atoms with Gasteiger partial charge in [-0.05, 0) is 73.5 Å². The van der Waals surface area contributed by atoms with E-state index in [0.29, 0.717) is 13.2 Å². The first-order chi connectivity index (χ1) is 12.7. The summed E-state index contributed by atoms with van der Waals surface area (Å²) >= 11 is 0. The summed E-state index contributed by atoms with van der Waals surface area (Å²) in [6.07, 6.45) is 3.23. The van der Waals surface area contributed by atoms with Crippen molar-refractivity contribution in [1.29, 1.82) is 0 Å². The van der Waals surface area contributed by atoms with Crippen LogP contribution in [0, 0.1) is 0 Å². The average molecular weight is 390 g/mol. The Morgan fingerprint density at radius 1 is 0.889 bits per heavy atom. The zero-order chi connectivity index (χ0) is 18.6. The molecule has 2 aromatic rings. The van der Waals surface area contributed by atoms with Gasteiger partial charge in [-0.15, -0.1) is 17.5 Å². The van der Waals surface area contributed by atoms with E-state index in [9.17, 15) is 0 Å². The minimum Gasteiger partial charge on any atom is -0.494 e. The number of halogens is 1. The first-order valence-corrected chi connectivity index (χ1v) is 8.32. The van der Waals surface area contributed by atoms with Crippen LogP contribution in [0.25, 0.3) is 0 Å². The molecule has 7 nitrogen and oxygen atoms in total. The Morgan fingerprint density at radius 2 is 1.37 bits per heavy atom. The van der Waals surface area contributed by atoms with Crippen molar-refractivity contribution in [1.82, 2.24) is 5.43 Å². The summed E-state index contributed by atoms with van der Waals surface area (Å²) in [5.74, 6) is 1.73. The third-order valence-corrected chi connectivity index (χ3v) is 3.15. The van der Waals surface area contributed by atoms with E-state index >= 15 is 0 Å². The number of rotatable bonds is 8. The van der Waals surface area contributed by atoms with Gasteiger partial charge in [-0.3, -0.25) is 0 Å². The summed E-state index contributed by atoms with van der Waals surface area (Å²) in [7, 11) is 0.